The van der Waals surface area contributed by atoms with E-state index in [9.17, 15) is 14.0 Å². The zero-order chi connectivity index (χ0) is 17.5. The van der Waals surface area contributed by atoms with Gasteiger partial charge >= 0.3 is 5.97 Å². The minimum atomic E-state index is -0.985. The highest BCUT2D eigenvalue weighted by molar-refractivity contribution is 5.97. The number of anilines is 1. The molecule has 2 aromatic rings. The van der Waals surface area contributed by atoms with Crippen LogP contribution in [-0.4, -0.2) is 25.1 Å². The summed E-state index contributed by atoms with van der Waals surface area (Å²) in [5.74, 6) is -1.49. The maximum atomic E-state index is 12.8. The average molecular weight is 331 g/mol. The lowest BCUT2D eigenvalue weighted by Gasteiger charge is -2.13. The number of carbonyl (C=O) groups is 2. The lowest BCUT2D eigenvalue weighted by molar-refractivity contribution is -0.123. The molecule has 0 aliphatic heterocycles. The summed E-state index contributed by atoms with van der Waals surface area (Å²) < 4.78 is 23.0. The van der Waals surface area contributed by atoms with Gasteiger partial charge in [-0.2, -0.15) is 0 Å². The molecule has 1 N–H and O–H groups in total. The molecule has 2 aromatic carbocycles. The largest absolute Gasteiger partial charge is 0.449 e. The van der Waals surface area contributed by atoms with Crippen molar-refractivity contribution in [3.8, 4) is 0 Å². The fourth-order valence-electron chi connectivity index (χ4n) is 1.96. The Morgan fingerprint density at radius 1 is 1.08 bits per heavy atom. The Labute approximate surface area is 139 Å². The van der Waals surface area contributed by atoms with Gasteiger partial charge in [-0.3, -0.25) is 4.79 Å². The van der Waals surface area contributed by atoms with Crippen molar-refractivity contribution in [1.29, 1.82) is 0 Å². The topological polar surface area (TPSA) is 64.6 Å². The van der Waals surface area contributed by atoms with Crippen molar-refractivity contribution >= 4 is 17.6 Å². The average Bonchev–Trinajstić information content (AvgIpc) is 2.57. The lowest BCUT2D eigenvalue weighted by Crippen LogP contribution is -2.30. The first-order valence-corrected chi connectivity index (χ1v) is 7.35. The molecule has 6 heteroatoms. The summed E-state index contributed by atoms with van der Waals surface area (Å²) in [5, 5.41) is 2.55. The maximum Gasteiger partial charge on any atom is 0.338 e. The molecule has 0 heterocycles. The molecule has 0 spiro atoms. The van der Waals surface area contributed by atoms with Crippen molar-refractivity contribution in [1.82, 2.24) is 0 Å². The Bertz CT molecular complexity index is 698. The number of halogens is 1. The van der Waals surface area contributed by atoms with E-state index in [1.165, 1.54) is 31.2 Å². The quantitative estimate of drug-likeness (QED) is 0.826. The molecule has 0 unspecified atom stereocenters. The number of nitrogens with one attached hydrogen (secondary N) is 1. The van der Waals surface area contributed by atoms with Crippen LogP contribution in [0.1, 0.15) is 22.8 Å². The Kier molecular flexibility index (Phi) is 6.03. The molecule has 1 amide bonds. The number of hydrogen-bond acceptors (Lipinski definition) is 4. The SMILES string of the molecule is COCc1ccc(C(=O)O[C@@H](C)C(=O)Nc2ccc(F)cc2)cc1. The molecule has 0 saturated carbocycles. The first-order chi connectivity index (χ1) is 11.5. The predicted octanol–water partition coefficient (Wildman–Crippen LogP) is 3.16. The molecule has 5 nitrogen and oxygen atoms in total. The van der Waals surface area contributed by atoms with Crippen molar-refractivity contribution < 1.29 is 23.5 Å². The van der Waals surface area contributed by atoms with E-state index in [0.717, 1.165) is 5.56 Å². The summed E-state index contributed by atoms with van der Waals surface area (Å²) in [5.41, 5.74) is 1.70. The van der Waals surface area contributed by atoms with E-state index in [0.29, 0.717) is 17.9 Å². The number of ether oxygens (including phenoxy) is 2. The summed E-state index contributed by atoms with van der Waals surface area (Å²) in [4.78, 5) is 24.0. The monoisotopic (exact) mass is 331 g/mol. The standard InChI is InChI=1S/C18H18FNO4/c1-12(17(21)20-16-9-7-15(19)8-10-16)24-18(22)14-5-3-13(4-6-14)11-23-2/h3-10,12H,11H2,1-2H3,(H,20,21)/t12-/m0/s1. The number of benzene rings is 2. The van der Waals surface area contributed by atoms with Crippen molar-refractivity contribution in [3.63, 3.8) is 0 Å². The van der Waals surface area contributed by atoms with Crippen LogP contribution >= 0.6 is 0 Å². The Hall–Kier alpha value is -2.73. The van der Waals surface area contributed by atoms with Crippen molar-refractivity contribution in [2.24, 2.45) is 0 Å². The summed E-state index contributed by atoms with van der Waals surface area (Å²) in [6.07, 6.45) is -0.985. The fourth-order valence-corrected chi connectivity index (χ4v) is 1.96. The lowest BCUT2D eigenvalue weighted by atomic mass is 10.1. The van der Waals surface area contributed by atoms with E-state index < -0.39 is 23.8 Å². The third-order valence-corrected chi connectivity index (χ3v) is 3.27. The van der Waals surface area contributed by atoms with Gasteiger partial charge in [-0.1, -0.05) is 12.1 Å². The normalized spacial score (nSPS) is 11.6. The van der Waals surface area contributed by atoms with E-state index in [2.05, 4.69) is 5.32 Å². The molecule has 0 fully saturated rings. The van der Waals surface area contributed by atoms with E-state index in [1.807, 2.05) is 0 Å². The van der Waals surface area contributed by atoms with E-state index in [4.69, 9.17) is 9.47 Å². The van der Waals surface area contributed by atoms with Crippen LogP contribution in [0.3, 0.4) is 0 Å². The Morgan fingerprint density at radius 3 is 2.29 bits per heavy atom. The molecular weight excluding hydrogens is 313 g/mol. The molecule has 2 rings (SSSR count). The number of methoxy groups -OCH3 is 1. The molecular formula is C18H18FNO4. The molecule has 1 atom stereocenters. The summed E-state index contributed by atoms with van der Waals surface area (Å²) in [7, 11) is 1.59. The molecule has 0 aliphatic carbocycles. The number of rotatable bonds is 6. The first-order valence-electron chi connectivity index (χ1n) is 7.35. The molecule has 0 saturated heterocycles. The van der Waals surface area contributed by atoms with E-state index in [1.54, 1.807) is 31.4 Å². The second-order valence-electron chi connectivity index (χ2n) is 5.17. The third-order valence-electron chi connectivity index (χ3n) is 3.27. The zero-order valence-electron chi connectivity index (χ0n) is 13.4. The van der Waals surface area contributed by atoms with Crippen molar-refractivity contribution in [2.45, 2.75) is 19.6 Å². The Morgan fingerprint density at radius 2 is 1.71 bits per heavy atom. The summed E-state index contributed by atoms with van der Waals surface area (Å²) >= 11 is 0. The number of amides is 1. The highest BCUT2D eigenvalue weighted by Crippen LogP contribution is 2.11. The zero-order valence-corrected chi connectivity index (χ0v) is 13.4. The second kappa shape index (κ2) is 8.21. The fraction of sp³-hybridized carbons (Fsp3) is 0.222. The van der Waals surface area contributed by atoms with Crippen LogP contribution < -0.4 is 5.32 Å². The van der Waals surface area contributed by atoms with Crippen LogP contribution in [0.5, 0.6) is 0 Å². The van der Waals surface area contributed by atoms with Crippen LogP contribution in [0.4, 0.5) is 10.1 Å². The van der Waals surface area contributed by atoms with Gasteiger partial charge in [0.05, 0.1) is 12.2 Å². The molecule has 0 radical (unpaired) electrons. The van der Waals surface area contributed by atoms with E-state index >= 15 is 0 Å². The number of carbonyl (C=O) groups excluding carboxylic acids is 2. The molecule has 0 aromatic heterocycles. The smallest absolute Gasteiger partial charge is 0.338 e. The van der Waals surface area contributed by atoms with Crippen LogP contribution in [0, 0.1) is 5.82 Å². The predicted molar refractivity (Wildman–Crippen MR) is 87.1 cm³/mol. The number of hydrogen-bond donors (Lipinski definition) is 1. The van der Waals surface area contributed by atoms with Gasteiger partial charge in [0.25, 0.3) is 5.91 Å². The second-order valence-corrected chi connectivity index (χ2v) is 5.17. The van der Waals surface area contributed by atoms with Crippen molar-refractivity contribution in [3.05, 3.63) is 65.5 Å². The van der Waals surface area contributed by atoms with Crippen LogP contribution in [0.25, 0.3) is 0 Å². The molecule has 0 aliphatic rings. The molecule has 0 bridgehead atoms. The van der Waals surface area contributed by atoms with Gasteiger partial charge in [-0.05, 0) is 48.9 Å². The Balaban J connectivity index is 1.92. The molecule has 24 heavy (non-hydrogen) atoms. The van der Waals surface area contributed by atoms with Gasteiger partial charge in [0.1, 0.15) is 5.82 Å². The van der Waals surface area contributed by atoms with Crippen LogP contribution in [-0.2, 0) is 20.9 Å². The maximum absolute atomic E-state index is 12.8. The van der Waals surface area contributed by atoms with Gasteiger partial charge in [0.2, 0.25) is 0 Å². The van der Waals surface area contributed by atoms with Gasteiger partial charge in [0.15, 0.2) is 6.10 Å². The van der Waals surface area contributed by atoms with Gasteiger partial charge in [0, 0.05) is 12.8 Å². The summed E-state index contributed by atoms with van der Waals surface area (Å²) in [6, 6.07) is 12.0. The van der Waals surface area contributed by atoms with Gasteiger partial charge in [-0.25, -0.2) is 9.18 Å². The van der Waals surface area contributed by atoms with Gasteiger partial charge < -0.3 is 14.8 Å². The van der Waals surface area contributed by atoms with Crippen LogP contribution in [0.2, 0.25) is 0 Å². The summed E-state index contributed by atoms with van der Waals surface area (Å²) in [6.45, 7) is 1.92. The minimum absolute atomic E-state index is 0.344. The molecule has 126 valence electrons. The third kappa shape index (κ3) is 4.89. The minimum Gasteiger partial charge on any atom is -0.449 e. The number of esters is 1. The first kappa shape index (κ1) is 17.6. The van der Waals surface area contributed by atoms with Crippen LogP contribution in [0.15, 0.2) is 48.5 Å². The van der Waals surface area contributed by atoms with E-state index in [-0.39, 0.29) is 0 Å². The van der Waals surface area contributed by atoms with Gasteiger partial charge in [-0.15, -0.1) is 0 Å². The highest BCUT2D eigenvalue weighted by atomic mass is 19.1. The van der Waals surface area contributed by atoms with Crippen molar-refractivity contribution in [2.75, 3.05) is 12.4 Å². The highest BCUT2D eigenvalue weighted by Gasteiger charge is 2.19.